The third kappa shape index (κ3) is 4.65. The van der Waals surface area contributed by atoms with E-state index in [-0.39, 0.29) is 12.0 Å². The molecule has 0 aliphatic carbocycles. The lowest BCUT2D eigenvalue weighted by molar-refractivity contribution is 0.0485. The fourth-order valence-electron chi connectivity index (χ4n) is 3.00. The van der Waals surface area contributed by atoms with Crippen molar-refractivity contribution in [1.29, 1.82) is 0 Å². The number of nitrogens with one attached hydrogen (secondary N) is 1. The molecule has 2 aromatic heterocycles. The molecule has 6 nitrogen and oxygen atoms in total. The maximum absolute atomic E-state index is 5.59. The Labute approximate surface area is 153 Å². The lowest BCUT2D eigenvalue weighted by atomic mass is 9.91. The van der Waals surface area contributed by atoms with Crippen molar-refractivity contribution in [2.75, 3.05) is 13.2 Å². The third-order valence-corrected chi connectivity index (χ3v) is 5.74. The summed E-state index contributed by atoms with van der Waals surface area (Å²) in [4.78, 5) is 9.35. The minimum absolute atomic E-state index is 0.0492. The zero-order valence-electron chi connectivity index (χ0n) is 15.5. The minimum atomic E-state index is 0.0492. The maximum Gasteiger partial charge on any atom is 0.244 e. The highest BCUT2D eigenvalue weighted by Crippen LogP contribution is 2.30. The second-order valence-corrected chi connectivity index (χ2v) is 8.18. The summed E-state index contributed by atoms with van der Waals surface area (Å²) in [5.41, 5.74) is 1.08. The molecule has 1 aliphatic heterocycles. The molecule has 2 aromatic rings. The first kappa shape index (κ1) is 18.5. The topological polar surface area (TPSA) is 73.1 Å². The van der Waals surface area contributed by atoms with Crippen molar-refractivity contribution in [3.05, 3.63) is 27.8 Å². The molecule has 1 fully saturated rings. The van der Waals surface area contributed by atoms with Gasteiger partial charge < -0.3 is 9.26 Å². The summed E-state index contributed by atoms with van der Waals surface area (Å²) in [6.07, 6.45) is 2.01. The summed E-state index contributed by atoms with van der Waals surface area (Å²) < 4.78 is 11.1. The van der Waals surface area contributed by atoms with E-state index < -0.39 is 0 Å². The summed E-state index contributed by atoms with van der Waals surface area (Å²) >= 11 is 1.73. The number of nitrogens with zero attached hydrogens (tertiary/aromatic N) is 3. The smallest absolute Gasteiger partial charge is 0.244 e. The monoisotopic (exact) mass is 364 g/mol. The van der Waals surface area contributed by atoms with Gasteiger partial charge in [-0.1, -0.05) is 32.9 Å². The third-order valence-electron chi connectivity index (χ3n) is 4.54. The average molecular weight is 365 g/mol. The van der Waals surface area contributed by atoms with Crippen molar-refractivity contribution in [3.8, 4) is 0 Å². The van der Waals surface area contributed by atoms with Crippen LogP contribution in [0, 0.1) is 5.92 Å². The molecule has 0 aromatic carbocycles. The molecule has 1 atom stereocenters. The molecule has 3 rings (SSSR count). The SMILES string of the molecule is CC(C)c1noc(C(NCc2csc(C(C)C)n2)C2CCOCC2)n1. The second-order valence-electron chi connectivity index (χ2n) is 7.29. The molecule has 7 heteroatoms. The van der Waals surface area contributed by atoms with E-state index in [1.54, 1.807) is 11.3 Å². The molecule has 0 spiro atoms. The molecule has 1 N–H and O–H groups in total. The molecule has 1 saturated heterocycles. The van der Waals surface area contributed by atoms with Crippen LogP contribution in [0.3, 0.4) is 0 Å². The first-order valence-corrected chi connectivity index (χ1v) is 10.0. The Hall–Kier alpha value is -1.31. The molecule has 0 amide bonds. The van der Waals surface area contributed by atoms with Gasteiger partial charge in [-0.3, -0.25) is 5.32 Å². The van der Waals surface area contributed by atoms with Crippen LogP contribution in [0.4, 0.5) is 0 Å². The summed E-state index contributed by atoms with van der Waals surface area (Å²) in [7, 11) is 0. The van der Waals surface area contributed by atoms with Gasteiger partial charge in [0.1, 0.15) is 0 Å². The first-order valence-electron chi connectivity index (χ1n) is 9.13. The molecular weight excluding hydrogens is 336 g/mol. The van der Waals surface area contributed by atoms with Crippen LogP contribution in [0.2, 0.25) is 0 Å². The van der Waals surface area contributed by atoms with Gasteiger partial charge in [0.05, 0.1) is 16.7 Å². The predicted octanol–water partition coefficient (Wildman–Crippen LogP) is 4.03. The van der Waals surface area contributed by atoms with Crippen molar-refractivity contribution in [3.63, 3.8) is 0 Å². The average Bonchev–Trinajstić information content (AvgIpc) is 3.26. The van der Waals surface area contributed by atoms with Gasteiger partial charge in [-0.25, -0.2) is 4.98 Å². The molecule has 1 unspecified atom stereocenters. The molecular formula is C18H28N4O2S. The summed E-state index contributed by atoms with van der Waals surface area (Å²) in [6, 6.07) is 0.0492. The van der Waals surface area contributed by atoms with Gasteiger partial charge in [0, 0.05) is 37.0 Å². The van der Waals surface area contributed by atoms with Crippen LogP contribution in [0.1, 0.15) is 80.8 Å². The first-order chi connectivity index (χ1) is 12.0. The zero-order valence-corrected chi connectivity index (χ0v) is 16.3. The Morgan fingerprint density at radius 1 is 1.16 bits per heavy atom. The van der Waals surface area contributed by atoms with Crippen LogP contribution in [0.15, 0.2) is 9.90 Å². The molecule has 1 aliphatic rings. The van der Waals surface area contributed by atoms with Crippen LogP contribution in [-0.4, -0.2) is 28.3 Å². The Bertz CT molecular complexity index is 662. The number of aromatic nitrogens is 3. The van der Waals surface area contributed by atoms with Crippen LogP contribution < -0.4 is 5.32 Å². The summed E-state index contributed by atoms with van der Waals surface area (Å²) in [6.45, 7) is 10.8. The number of ether oxygens (including phenoxy) is 1. The minimum Gasteiger partial charge on any atom is -0.381 e. The molecule has 0 radical (unpaired) electrons. The molecule has 3 heterocycles. The van der Waals surface area contributed by atoms with E-state index in [0.29, 0.717) is 24.3 Å². The van der Waals surface area contributed by atoms with Gasteiger partial charge in [0.25, 0.3) is 0 Å². The van der Waals surface area contributed by atoms with Crippen LogP contribution in [0.25, 0.3) is 0 Å². The largest absolute Gasteiger partial charge is 0.381 e. The van der Waals surface area contributed by atoms with E-state index in [0.717, 1.165) is 37.6 Å². The summed E-state index contributed by atoms with van der Waals surface area (Å²) in [5, 5.41) is 11.1. The zero-order chi connectivity index (χ0) is 17.8. The van der Waals surface area contributed by atoms with E-state index in [1.807, 2.05) is 0 Å². The van der Waals surface area contributed by atoms with Crippen molar-refractivity contribution >= 4 is 11.3 Å². The molecule has 25 heavy (non-hydrogen) atoms. The molecule has 138 valence electrons. The van der Waals surface area contributed by atoms with E-state index >= 15 is 0 Å². The highest BCUT2D eigenvalue weighted by atomic mass is 32.1. The van der Waals surface area contributed by atoms with Crippen molar-refractivity contribution in [1.82, 2.24) is 20.4 Å². The Kier molecular flexibility index (Phi) is 6.19. The number of thiazole rings is 1. The molecule has 0 saturated carbocycles. The Morgan fingerprint density at radius 3 is 2.52 bits per heavy atom. The second kappa shape index (κ2) is 8.38. The molecule has 0 bridgehead atoms. The summed E-state index contributed by atoms with van der Waals surface area (Å²) in [5.74, 6) is 2.63. The van der Waals surface area contributed by atoms with Crippen molar-refractivity contribution < 1.29 is 9.26 Å². The standard InChI is InChI=1S/C18H28N4O2S/c1-11(2)16-21-17(24-22-16)15(13-5-7-23-8-6-13)19-9-14-10-25-18(20-14)12(3)4/h10-13,15,19H,5-9H2,1-4H3. The van der Waals surface area contributed by atoms with Crippen LogP contribution in [0.5, 0.6) is 0 Å². The number of hydrogen-bond donors (Lipinski definition) is 1. The van der Waals surface area contributed by atoms with Crippen LogP contribution >= 0.6 is 11.3 Å². The maximum atomic E-state index is 5.59. The van der Waals surface area contributed by atoms with Gasteiger partial charge in [-0.2, -0.15) is 4.98 Å². The van der Waals surface area contributed by atoms with Crippen molar-refractivity contribution in [2.24, 2.45) is 5.92 Å². The van der Waals surface area contributed by atoms with E-state index in [2.05, 4.69) is 48.5 Å². The van der Waals surface area contributed by atoms with Crippen LogP contribution in [-0.2, 0) is 11.3 Å². The van der Waals surface area contributed by atoms with Gasteiger partial charge in [-0.05, 0) is 18.8 Å². The normalized spacial score (nSPS) is 17.5. The van der Waals surface area contributed by atoms with E-state index in [1.165, 1.54) is 5.01 Å². The highest BCUT2D eigenvalue weighted by molar-refractivity contribution is 7.09. The lowest BCUT2D eigenvalue weighted by Crippen LogP contribution is -2.32. The van der Waals surface area contributed by atoms with Gasteiger partial charge in [0.2, 0.25) is 5.89 Å². The number of rotatable bonds is 7. The lowest BCUT2D eigenvalue weighted by Gasteiger charge is -2.28. The van der Waals surface area contributed by atoms with E-state index in [4.69, 9.17) is 14.2 Å². The fourth-order valence-corrected chi connectivity index (χ4v) is 3.83. The number of hydrogen-bond acceptors (Lipinski definition) is 7. The predicted molar refractivity (Wildman–Crippen MR) is 97.7 cm³/mol. The van der Waals surface area contributed by atoms with E-state index in [9.17, 15) is 0 Å². The van der Waals surface area contributed by atoms with Gasteiger partial charge in [-0.15, -0.1) is 11.3 Å². The highest BCUT2D eigenvalue weighted by Gasteiger charge is 2.30. The Morgan fingerprint density at radius 2 is 1.92 bits per heavy atom. The van der Waals surface area contributed by atoms with Crippen molar-refractivity contribution in [2.45, 2.75) is 65.0 Å². The van der Waals surface area contributed by atoms with Gasteiger partial charge in [0.15, 0.2) is 5.82 Å². The fraction of sp³-hybridized carbons (Fsp3) is 0.722. The quantitative estimate of drug-likeness (QED) is 0.799. The van der Waals surface area contributed by atoms with Gasteiger partial charge >= 0.3 is 0 Å². The Balaban J connectivity index is 1.73.